The number of carbonyl (C=O) groups is 1. The third kappa shape index (κ3) is 3.66. The number of fused-ring (bicyclic) bond motifs is 2. The van der Waals surface area contributed by atoms with Gasteiger partial charge in [0.2, 0.25) is 5.91 Å². The lowest BCUT2D eigenvalue weighted by Gasteiger charge is -2.43. The molecule has 22 heavy (non-hydrogen) atoms. The minimum atomic E-state index is 0. The van der Waals surface area contributed by atoms with Gasteiger partial charge in [0.25, 0.3) is 0 Å². The Kier molecular flexibility index (Phi) is 6.30. The lowest BCUT2D eigenvalue weighted by Crippen LogP contribution is -2.49. The second-order valence-corrected chi connectivity index (χ2v) is 7.66. The topological polar surface area (TPSA) is 55.1 Å². The molecule has 3 rings (SSSR count). The van der Waals surface area contributed by atoms with Gasteiger partial charge in [-0.2, -0.15) is 0 Å². The summed E-state index contributed by atoms with van der Waals surface area (Å²) in [6.07, 6.45) is 6.65. The molecular formula is C17H27ClN2OS. The van der Waals surface area contributed by atoms with Crippen molar-refractivity contribution in [3.8, 4) is 0 Å². The third-order valence-corrected chi connectivity index (χ3v) is 6.38. The molecule has 1 aromatic heterocycles. The molecule has 3 nitrogen and oxygen atoms in total. The van der Waals surface area contributed by atoms with Crippen molar-refractivity contribution in [1.29, 1.82) is 0 Å². The molecule has 2 fully saturated rings. The number of nitrogens with two attached hydrogens (primary N) is 1. The van der Waals surface area contributed by atoms with Gasteiger partial charge in [0.1, 0.15) is 0 Å². The molecule has 1 aromatic rings. The van der Waals surface area contributed by atoms with Crippen molar-refractivity contribution in [2.75, 3.05) is 0 Å². The number of carbonyl (C=O) groups excluding carboxylic acids is 1. The predicted molar refractivity (Wildman–Crippen MR) is 94.3 cm³/mol. The van der Waals surface area contributed by atoms with Gasteiger partial charge in [-0.05, 0) is 55.4 Å². The molecule has 1 amide bonds. The van der Waals surface area contributed by atoms with E-state index in [1.165, 1.54) is 24.1 Å². The molecule has 2 aliphatic rings. The van der Waals surface area contributed by atoms with E-state index >= 15 is 0 Å². The highest BCUT2D eigenvalue weighted by molar-refractivity contribution is 7.10. The van der Waals surface area contributed by atoms with Crippen LogP contribution in [0.1, 0.15) is 56.4 Å². The second kappa shape index (κ2) is 7.80. The van der Waals surface area contributed by atoms with Crippen LogP contribution in [-0.4, -0.2) is 11.9 Å². The van der Waals surface area contributed by atoms with Crippen LogP contribution in [0.3, 0.4) is 0 Å². The molecule has 0 saturated heterocycles. The summed E-state index contributed by atoms with van der Waals surface area (Å²) in [6.45, 7) is 2.14. The van der Waals surface area contributed by atoms with E-state index in [4.69, 9.17) is 5.73 Å². The molecule has 0 aliphatic heterocycles. The molecule has 5 heteroatoms. The summed E-state index contributed by atoms with van der Waals surface area (Å²) < 4.78 is 0. The van der Waals surface area contributed by atoms with Crippen molar-refractivity contribution in [3.05, 3.63) is 22.4 Å². The summed E-state index contributed by atoms with van der Waals surface area (Å²) in [4.78, 5) is 13.9. The van der Waals surface area contributed by atoms with Gasteiger partial charge in [0, 0.05) is 16.8 Å². The van der Waals surface area contributed by atoms with Gasteiger partial charge in [0.05, 0.1) is 6.04 Å². The van der Waals surface area contributed by atoms with Gasteiger partial charge >= 0.3 is 0 Å². The van der Waals surface area contributed by atoms with Crippen LogP contribution >= 0.6 is 23.7 Å². The molecule has 3 N–H and O–H groups in total. The molecule has 124 valence electrons. The Labute approximate surface area is 143 Å². The zero-order valence-corrected chi connectivity index (χ0v) is 14.8. The van der Waals surface area contributed by atoms with Crippen molar-refractivity contribution < 1.29 is 4.79 Å². The lowest BCUT2D eigenvalue weighted by molar-refractivity contribution is -0.128. The molecule has 3 unspecified atom stereocenters. The van der Waals surface area contributed by atoms with Crippen LogP contribution in [0.25, 0.3) is 0 Å². The van der Waals surface area contributed by atoms with Crippen molar-refractivity contribution in [1.82, 2.24) is 5.32 Å². The second-order valence-electron chi connectivity index (χ2n) is 6.68. The number of hydrogen-bond acceptors (Lipinski definition) is 3. The normalized spacial score (nSPS) is 31.9. The smallest absolute Gasteiger partial charge is 0.223 e. The molecule has 2 bridgehead atoms. The molecule has 3 atom stereocenters. The third-order valence-electron chi connectivity index (χ3n) is 5.40. The van der Waals surface area contributed by atoms with E-state index in [2.05, 4.69) is 29.8 Å². The first kappa shape index (κ1) is 17.8. The highest BCUT2D eigenvalue weighted by Crippen LogP contribution is 2.42. The van der Waals surface area contributed by atoms with Crippen molar-refractivity contribution in [2.24, 2.45) is 23.5 Å². The Bertz CT molecular complexity index is 465. The van der Waals surface area contributed by atoms with Gasteiger partial charge in [-0.3, -0.25) is 4.79 Å². The Balaban J connectivity index is 0.00000176. The van der Waals surface area contributed by atoms with Crippen LogP contribution in [0.2, 0.25) is 0 Å². The van der Waals surface area contributed by atoms with E-state index in [1.807, 2.05) is 0 Å². The minimum absolute atomic E-state index is 0. The van der Waals surface area contributed by atoms with Crippen LogP contribution in [0.5, 0.6) is 0 Å². The molecule has 1 heterocycles. The zero-order valence-electron chi connectivity index (χ0n) is 13.2. The van der Waals surface area contributed by atoms with Gasteiger partial charge in [-0.25, -0.2) is 0 Å². The lowest BCUT2D eigenvalue weighted by atomic mass is 9.65. The van der Waals surface area contributed by atoms with Gasteiger partial charge in [0.15, 0.2) is 0 Å². The number of nitrogens with one attached hydrogen (secondary N) is 1. The number of halogens is 1. The maximum Gasteiger partial charge on any atom is 0.223 e. The summed E-state index contributed by atoms with van der Waals surface area (Å²) in [5, 5.41) is 5.35. The Hall–Kier alpha value is -0.580. The first-order valence-corrected chi connectivity index (χ1v) is 9.16. The zero-order chi connectivity index (χ0) is 14.8. The maximum absolute atomic E-state index is 12.7. The van der Waals surface area contributed by atoms with Crippen molar-refractivity contribution in [2.45, 2.75) is 57.5 Å². The van der Waals surface area contributed by atoms with Crippen molar-refractivity contribution in [3.63, 3.8) is 0 Å². The highest BCUT2D eigenvalue weighted by Gasteiger charge is 2.40. The van der Waals surface area contributed by atoms with Crippen LogP contribution in [0.15, 0.2) is 17.5 Å². The largest absolute Gasteiger partial charge is 0.348 e. The Morgan fingerprint density at radius 1 is 1.41 bits per heavy atom. The maximum atomic E-state index is 12.7. The number of thiophene rings is 1. The first-order chi connectivity index (χ1) is 10.2. The molecule has 2 saturated carbocycles. The molecule has 0 radical (unpaired) electrons. The van der Waals surface area contributed by atoms with Crippen molar-refractivity contribution >= 4 is 29.7 Å². The standard InChI is InChI=1S/C17H26N2OS.ClH/c1-2-14(15-7-4-8-21-15)19-17(20)13-9-11-5-3-6-12(10-13)16(11)18;/h4,7-8,11-14,16H,2-3,5-6,9-10,18H2,1H3,(H,19,20);1H. The van der Waals surface area contributed by atoms with Crippen LogP contribution in [-0.2, 0) is 4.79 Å². The summed E-state index contributed by atoms with van der Waals surface area (Å²) in [5.41, 5.74) is 6.32. The average Bonchev–Trinajstić information content (AvgIpc) is 2.98. The molecular weight excluding hydrogens is 316 g/mol. The van der Waals surface area contributed by atoms with Gasteiger partial charge in [-0.15, -0.1) is 23.7 Å². The van der Waals surface area contributed by atoms with E-state index in [0.29, 0.717) is 17.9 Å². The summed E-state index contributed by atoms with van der Waals surface area (Å²) in [6, 6.07) is 4.68. The SMILES string of the molecule is CCC(NC(=O)C1CC2CCCC(C1)C2N)c1cccs1.Cl. The highest BCUT2D eigenvalue weighted by atomic mass is 35.5. The number of amides is 1. The molecule has 0 aromatic carbocycles. The quantitative estimate of drug-likeness (QED) is 0.872. The predicted octanol–water partition coefficient (Wildman–Crippen LogP) is 3.89. The molecule has 0 spiro atoms. The Morgan fingerprint density at radius 2 is 2.09 bits per heavy atom. The summed E-state index contributed by atoms with van der Waals surface area (Å²) in [5.74, 6) is 1.55. The fraction of sp³-hybridized carbons (Fsp3) is 0.706. The first-order valence-electron chi connectivity index (χ1n) is 8.28. The number of hydrogen-bond donors (Lipinski definition) is 2. The summed E-state index contributed by atoms with van der Waals surface area (Å²) in [7, 11) is 0. The van der Waals surface area contributed by atoms with E-state index in [-0.39, 0.29) is 30.3 Å². The minimum Gasteiger partial charge on any atom is -0.348 e. The van der Waals surface area contributed by atoms with E-state index in [1.54, 1.807) is 11.3 Å². The fourth-order valence-corrected chi connectivity index (χ4v) is 5.02. The van der Waals surface area contributed by atoms with Crippen LogP contribution in [0.4, 0.5) is 0 Å². The monoisotopic (exact) mass is 342 g/mol. The van der Waals surface area contributed by atoms with E-state index < -0.39 is 0 Å². The molecule has 2 aliphatic carbocycles. The average molecular weight is 343 g/mol. The fourth-order valence-electron chi connectivity index (χ4n) is 4.16. The van der Waals surface area contributed by atoms with E-state index in [0.717, 1.165) is 19.3 Å². The van der Waals surface area contributed by atoms with Gasteiger partial charge in [-0.1, -0.05) is 19.4 Å². The van der Waals surface area contributed by atoms with E-state index in [9.17, 15) is 4.79 Å². The number of rotatable bonds is 4. The van der Waals surface area contributed by atoms with Crippen LogP contribution < -0.4 is 11.1 Å². The summed E-state index contributed by atoms with van der Waals surface area (Å²) >= 11 is 1.73. The van der Waals surface area contributed by atoms with Gasteiger partial charge < -0.3 is 11.1 Å². The Morgan fingerprint density at radius 3 is 2.64 bits per heavy atom. The van der Waals surface area contributed by atoms with Crippen LogP contribution in [0, 0.1) is 17.8 Å².